The molecular formula is C28H47N5O5. The summed E-state index contributed by atoms with van der Waals surface area (Å²) >= 11 is 0. The smallest absolute Gasteiger partial charge is 0.293 e. The van der Waals surface area contributed by atoms with E-state index in [2.05, 4.69) is 46.1 Å². The van der Waals surface area contributed by atoms with Gasteiger partial charge in [-0.05, 0) is 57.3 Å². The normalized spacial score (nSPS) is 15.5. The fourth-order valence-electron chi connectivity index (χ4n) is 3.97. The van der Waals surface area contributed by atoms with Crippen LogP contribution in [0.4, 0.5) is 0 Å². The molecule has 3 rings (SSSR count). The van der Waals surface area contributed by atoms with E-state index in [1.165, 1.54) is 31.4 Å². The van der Waals surface area contributed by atoms with Gasteiger partial charge in [0, 0.05) is 25.5 Å². The molecule has 2 N–H and O–H groups in total. The highest BCUT2D eigenvalue weighted by molar-refractivity contribution is 5.96. The number of rotatable bonds is 11. The Morgan fingerprint density at radius 3 is 2.21 bits per heavy atom. The van der Waals surface area contributed by atoms with Crippen LogP contribution in [-0.2, 0) is 19.1 Å². The van der Waals surface area contributed by atoms with Crippen molar-refractivity contribution in [3.8, 4) is 0 Å². The second kappa shape index (κ2) is 19.1. The van der Waals surface area contributed by atoms with Crippen LogP contribution in [0.5, 0.6) is 0 Å². The third kappa shape index (κ3) is 14.0. The minimum Gasteiger partial charge on any atom is -0.468 e. The summed E-state index contributed by atoms with van der Waals surface area (Å²) in [6.07, 6.45) is 11.7. The van der Waals surface area contributed by atoms with Gasteiger partial charge in [-0.2, -0.15) is 0 Å². The van der Waals surface area contributed by atoms with Gasteiger partial charge in [-0.1, -0.05) is 40.0 Å². The molecule has 0 radical (unpaired) electrons. The van der Waals surface area contributed by atoms with E-state index < -0.39 is 11.9 Å². The maximum Gasteiger partial charge on any atom is 0.293 e. The van der Waals surface area contributed by atoms with Gasteiger partial charge in [0.1, 0.15) is 11.7 Å². The number of amides is 3. The predicted molar refractivity (Wildman–Crippen MR) is 146 cm³/mol. The standard InChI is InChI=1S/C21H31N5O3.C4H10.C3H6O2/c1-2-26(14-15-8-9-15)18(27)13-24-21(29)19(16-6-4-3-5-7-16)25-20(28)17-12-22-10-11-23-17;1-4(2)3;1-2-5-3-4/h10-12,15-16,19H,2-9,13-14H2,1H3,(H,24,29)(H,25,28);4H,1-3H3;3H,2H2,1H3. The highest BCUT2D eigenvalue weighted by atomic mass is 16.5. The molecule has 2 aliphatic rings. The summed E-state index contributed by atoms with van der Waals surface area (Å²) in [4.78, 5) is 56.9. The van der Waals surface area contributed by atoms with Crippen LogP contribution in [-0.4, -0.2) is 71.3 Å². The molecule has 38 heavy (non-hydrogen) atoms. The maximum atomic E-state index is 12.9. The molecule has 1 aromatic heterocycles. The second-order valence-corrected chi connectivity index (χ2v) is 10.3. The van der Waals surface area contributed by atoms with Crippen molar-refractivity contribution in [3.63, 3.8) is 0 Å². The van der Waals surface area contributed by atoms with Crippen LogP contribution < -0.4 is 10.6 Å². The average Bonchev–Trinajstić information content (AvgIpc) is 3.74. The number of carbonyl (C=O) groups excluding carboxylic acids is 4. The molecule has 10 nitrogen and oxygen atoms in total. The first kappa shape index (κ1) is 33.0. The number of carbonyl (C=O) groups is 4. The summed E-state index contributed by atoms with van der Waals surface area (Å²) in [6.45, 7) is 12.5. The van der Waals surface area contributed by atoms with E-state index in [1.807, 2.05) is 6.92 Å². The molecule has 1 atom stereocenters. The van der Waals surface area contributed by atoms with E-state index in [9.17, 15) is 19.2 Å². The number of ether oxygens (including phenoxy) is 1. The number of nitrogens with zero attached hydrogens (tertiary/aromatic N) is 3. The minimum absolute atomic E-state index is 0.0381. The van der Waals surface area contributed by atoms with E-state index in [0.29, 0.717) is 25.5 Å². The van der Waals surface area contributed by atoms with Crippen LogP contribution in [0, 0.1) is 17.8 Å². The summed E-state index contributed by atoms with van der Waals surface area (Å²) in [5.74, 6) is 0.712. The lowest BCUT2D eigenvalue weighted by molar-refractivity contribution is -0.133. The van der Waals surface area contributed by atoms with Gasteiger partial charge in [0.05, 0.1) is 19.3 Å². The minimum atomic E-state index is -0.670. The SMILES string of the molecule is CC(C)C.CCN(CC1CC1)C(=O)CNC(=O)C(NC(=O)c1cnccn1)C1CCCCC1.CCOC=O. The van der Waals surface area contributed by atoms with E-state index in [0.717, 1.165) is 44.6 Å². The maximum absolute atomic E-state index is 12.9. The number of hydrogen-bond donors (Lipinski definition) is 2. The number of aromatic nitrogens is 2. The topological polar surface area (TPSA) is 131 Å². The van der Waals surface area contributed by atoms with Crippen LogP contribution in [0.25, 0.3) is 0 Å². The van der Waals surface area contributed by atoms with Crippen molar-refractivity contribution < 1.29 is 23.9 Å². The molecule has 1 aromatic rings. The molecule has 1 heterocycles. The Kier molecular flexibility index (Phi) is 16.6. The first-order valence-corrected chi connectivity index (χ1v) is 13.9. The fraction of sp³-hybridized carbons (Fsp3) is 0.714. The number of nitrogens with one attached hydrogen (secondary N) is 2. The van der Waals surface area contributed by atoms with Gasteiger partial charge in [0.2, 0.25) is 11.8 Å². The average molecular weight is 534 g/mol. The summed E-state index contributed by atoms with van der Waals surface area (Å²) in [5.41, 5.74) is 0.179. The largest absolute Gasteiger partial charge is 0.468 e. The Morgan fingerprint density at radius 1 is 1.08 bits per heavy atom. The van der Waals surface area contributed by atoms with Crippen LogP contribution in [0.15, 0.2) is 18.6 Å². The monoisotopic (exact) mass is 533 g/mol. The van der Waals surface area contributed by atoms with E-state index in [-0.39, 0.29) is 30.0 Å². The Balaban J connectivity index is 0.000000694. The van der Waals surface area contributed by atoms with Gasteiger partial charge in [-0.3, -0.25) is 24.2 Å². The van der Waals surface area contributed by atoms with Gasteiger partial charge in [-0.15, -0.1) is 0 Å². The third-order valence-corrected chi connectivity index (χ3v) is 6.04. The van der Waals surface area contributed by atoms with Crippen molar-refractivity contribution in [2.24, 2.45) is 17.8 Å². The zero-order chi connectivity index (χ0) is 28.3. The predicted octanol–water partition coefficient (Wildman–Crippen LogP) is 3.37. The molecule has 0 bridgehead atoms. The third-order valence-electron chi connectivity index (χ3n) is 6.04. The van der Waals surface area contributed by atoms with Gasteiger partial charge >= 0.3 is 0 Å². The molecule has 2 saturated carbocycles. The van der Waals surface area contributed by atoms with Gasteiger partial charge < -0.3 is 20.3 Å². The zero-order valence-electron chi connectivity index (χ0n) is 23.8. The van der Waals surface area contributed by atoms with Gasteiger partial charge in [0.25, 0.3) is 12.4 Å². The van der Waals surface area contributed by atoms with Crippen molar-refractivity contribution in [1.82, 2.24) is 25.5 Å². The van der Waals surface area contributed by atoms with Crippen molar-refractivity contribution in [2.75, 3.05) is 26.2 Å². The molecule has 2 fully saturated rings. The lowest BCUT2D eigenvalue weighted by Gasteiger charge is -2.30. The Morgan fingerprint density at radius 2 is 1.74 bits per heavy atom. The molecular weight excluding hydrogens is 486 g/mol. The number of hydrogen-bond acceptors (Lipinski definition) is 7. The molecule has 1 unspecified atom stereocenters. The van der Waals surface area contributed by atoms with Crippen molar-refractivity contribution in [2.45, 2.75) is 85.6 Å². The highest BCUT2D eigenvalue weighted by Crippen LogP contribution is 2.29. The van der Waals surface area contributed by atoms with Crippen LogP contribution in [0.2, 0.25) is 0 Å². The lowest BCUT2D eigenvalue weighted by Crippen LogP contribution is -2.53. The van der Waals surface area contributed by atoms with Crippen molar-refractivity contribution >= 4 is 24.2 Å². The Bertz CT molecular complexity index is 823. The molecule has 0 spiro atoms. The molecule has 214 valence electrons. The molecule has 0 aromatic carbocycles. The summed E-state index contributed by atoms with van der Waals surface area (Å²) in [5, 5.41) is 5.60. The molecule has 0 aliphatic heterocycles. The first-order valence-electron chi connectivity index (χ1n) is 13.9. The summed E-state index contributed by atoms with van der Waals surface area (Å²) in [7, 11) is 0. The zero-order valence-corrected chi connectivity index (χ0v) is 23.8. The van der Waals surface area contributed by atoms with Crippen LogP contribution >= 0.6 is 0 Å². The Hall–Kier alpha value is -3.04. The second-order valence-electron chi connectivity index (χ2n) is 10.3. The van der Waals surface area contributed by atoms with Gasteiger partial charge in [-0.25, -0.2) is 4.98 Å². The Labute approximate surface area is 227 Å². The molecule has 2 aliphatic carbocycles. The molecule has 10 heteroatoms. The van der Waals surface area contributed by atoms with E-state index in [1.54, 1.807) is 11.8 Å². The van der Waals surface area contributed by atoms with Crippen LogP contribution in [0.1, 0.15) is 90.1 Å². The van der Waals surface area contributed by atoms with Crippen molar-refractivity contribution in [3.05, 3.63) is 24.3 Å². The quantitative estimate of drug-likeness (QED) is 0.417. The molecule has 3 amide bonds. The highest BCUT2D eigenvalue weighted by Gasteiger charge is 2.32. The first-order chi connectivity index (χ1) is 18.2. The van der Waals surface area contributed by atoms with E-state index >= 15 is 0 Å². The van der Waals surface area contributed by atoms with Crippen molar-refractivity contribution in [1.29, 1.82) is 0 Å². The molecule has 0 saturated heterocycles. The fourth-order valence-corrected chi connectivity index (χ4v) is 3.97. The summed E-state index contributed by atoms with van der Waals surface area (Å²) < 4.78 is 4.15. The lowest BCUT2D eigenvalue weighted by atomic mass is 9.83. The summed E-state index contributed by atoms with van der Waals surface area (Å²) in [6, 6.07) is -0.670. The van der Waals surface area contributed by atoms with E-state index in [4.69, 9.17) is 0 Å². The number of likely N-dealkylation sites (N-methyl/N-ethyl adjacent to an activating group) is 1. The van der Waals surface area contributed by atoms with Gasteiger partial charge in [0.15, 0.2) is 0 Å². The van der Waals surface area contributed by atoms with Crippen LogP contribution in [0.3, 0.4) is 0 Å².